The summed E-state index contributed by atoms with van der Waals surface area (Å²) in [6.45, 7) is 5.57. The van der Waals surface area contributed by atoms with E-state index < -0.39 is 0 Å². The van der Waals surface area contributed by atoms with E-state index in [1.54, 1.807) is 13.3 Å². The van der Waals surface area contributed by atoms with Gasteiger partial charge >= 0.3 is 0 Å². The smallest absolute Gasteiger partial charge is 0.255 e. The van der Waals surface area contributed by atoms with Crippen LogP contribution >= 0.6 is 12.4 Å². The quantitative estimate of drug-likeness (QED) is 0.715. The average Bonchev–Trinajstić information content (AvgIpc) is 3.12. The summed E-state index contributed by atoms with van der Waals surface area (Å²) in [7, 11) is 1.63. The Bertz CT molecular complexity index is 668. The molecule has 1 aromatic carbocycles. The largest absolute Gasteiger partial charge is 0.497 e. The first-order valence-corrected chi connectivity index (χ1v) is 8.17. The van der Waals surface area contributed by atoms with Gasteiger partial charge in [-0.2, -0.15) is 5.10 Å². The summed E-state index contributed by atoms with van der Waals surface area (Å²) in [4.78, 5) is 14.8. The second-order valence-corrected chi connectivity index (χ2v) is 5.73. The number of nitrogens with zero attached hydrogens (tertiary/aromatic N) is 2. The molecule has 1 aliphatic rings. The van der Waals surface area contributed by atoms with Crippen LogP contribution in [0.5, 0.6) is 5.75 Å². The Morgan fingerprint density at radius 2 is 2.00 bits per heavy atom. The van der Waals surface area contributed by atoms with Crippen molar-refractivity contribution in [2.45, 2.75) is 0 Å². The van der Waals surface area contributed by atoms with Crippen LogP contribution in [0.2, 0.25) is 0 Å². The first-order chi connectivity index (χ1) is 11.8. The number of ether oxygens (including phenoxy) is 1. The number of rotatable bonds is 6. The van der Waals surface area contributed by atoms with E-state index in [0.29, 0.717) is 12.1 Å². The van der Waals surface area contributed by atoms with E-state index >= 15 is 0 Å². The molecule has 0 spiro atoms. The van der Waals surface area contributed by atoms with Gasteiger partial charge in [0.1, 0.15) is 5.75 Å². The van der Waals surface area contributed by atoms with Crippen molar-refractivity contribution in [3.8, 4) is 17.0 Å². The summed E-state index contributed by atoms with van der Waals surface area (Å²) >= 11 is 0. The average molecular weight is 366 g/mol. The predicted octanol–water partition coefficient (Wildman–Crippen LogP) is 1.14. The molecule has 1 saturated heterocycles. The molecule has 1 fully saturated rings. The Morgan fingerprint density at radius 1 is 1.28 bits per heavy atom. The van der Waals surface area contributed by atoms with Crippen LogP contribution in [-0.2, 0) is 0 Å². The Kier molecular flexibility index (Phi) is 7.24. The van der Waals surface area contributed by atoms with Crippen molar-refractivity contribution in [2.24, 2.45) is 0 Å². The van der Waals surface area contributed by atoms with Gasteiger partial charge in [-0.15, -0.1) is 12.4 Å². The molecule has 0 saturated carbocycles. The summed E-state index contributed by atoms with van der Waals surface area (Å²) in [5.41, 5.74) is 2.18. The maximum Gasteiger partial charge on any atom is 0.255 e. The summed E-state index contributed by atoms with van der Waals surface area (Å²) in [5, 5.41) is 13.2. The Balaban J connectivity index is 0.00000225. The standard InChI is InChI=1S/C17H23N5O2.ClH/c1-24-14-4-2-13(3-5-14)16-15(12-20-21-16)17(23)19-8-11-22-9-6-18-7-10-22;/h2-5,12,18H,6-11H2,1H3,(H,19,23)(H,20,21);1H. The summed E-state index contributed by atoms with van der Waals surface area (Å²) < 4.78 is 5.16. The van der Waals surface area contributed by atoms with Crippen molar-refractivity contribution in [3.63, 3.8) is 0 Å². The minimum absolute atomic E-state index is 0. The number of hydrogen-bond acceptors (Lipinski definition) is 5. The Morgan fingerprint density at radius 3 is 2.68 bits per heavy atom. The van der Waals surface area contributed by atoms with Crippen LogP contribution in [0.3, 0.4) is 0 Å². The number of aromatic nitrogens is 2. The number of methoxy groups -OCH3 is 1. The Labute approximate surface area is 153 Å². The number of H-pyrrole nitrogens is 1. The number of hydrogen-bond donors (Lipinski definition) is 3. The topological polar surface area (TPSA) is 82.3 Å². The van der Waals surface area contributed by atoms with E-state index in [4.69, 9.17) is 4.74 Å². The molecule has 0 radical (unpaired) electrons. The molecule has 2 aromatic rings. The maximum atomic E-state index is 12.4. The van der Waals surface area contributed by atoms with E-state index in [9.17, 15) is 4.79 Å². The first kappa shape index (κ1) is 19.2. The van der Waals surface area contributed by atoms with Crippen LogP contribution in [0.25, 0.3) is 11.3 Å². The zero-order valence-corrected chi connectivity index (χ0v) is 15.1. The zero-order valence-electron chi connectivity index (χ0n) is 14.2. The van der Waals surface area contributed by atoms with Gasteiger partial charge in [0, 0.05) is 44.8 Å². The molecule has 0 unspecified atom stereocenters. The van der Waals surface area contributed by atoms with Gasteiger partial charge in [-0.1, -0.05) is 0 Å². The van der Waals surface area contributed by atoms with Crippen molar-refractivity contribution < 1.29 is 9.53 Å². The van der Waals surface area contributed by atoms with Crippen molar-refractivity contribution in [1.82, 2.24) is 25.7 Å². The second kappa shape index (κ2) is 9.41. The number of nitrogens with one attached hydrogen (secondary N) is 3. The highest BCUT2D eigenvalue weighted by Gasteiger charge is 2.16. The molecule has 8 heteroatoms. The van der Waals surface area contributed by atoms with Crippen LogP contribution < -0.4 is 15.4 Å². The molecule has 7 nitrogen and oxygen atoms in total. The lowest BCUT2D eigenvalue weighted by Gasteiger charge is -2.27. The van der Waals surface area contributed by atoms with Crippen molar-refractivity contribution in [2.75, 3.05) is 46.4 Å². The van der Waals surface area contributed by atoms with Gasteiger partial charge in [0.05, 0.1) is 24.6 Å². The fraction of sp³-hybridized carbons (Fsp3) is 0.412. The molecule has 2 heterocycles. The fourth-order valence-corrected chi connectivity index (χ4v) is 2.79. The SMILES string of the molecule is COc1ccc(-c2[nH]ncc2C(=O)NCCN2CCNCC2)cc1.Cl. The highest BCUT2D eigenvalue weighted by molar-refractivity contribution is 5.99. The molecule has 3 rings (SSSR count). The molecule has 1 amide bonds. The van der Waals surface area contributed by atoms with Gasteiger partial charge in [0.25, 0.3) is 5.91 Å². The van der Waals surface area contributed by atoms with E-state index in [0.717, 1.165) is 49.7 Å². The second-order valence-electron chi connectivity index (χ2n) is 5.73. The summed E-state index contributed by atoms with van der Waals surface area (Å²) in [6.07, 6.45) is 1.57. The number of halogens is 1. The molecule has 0 bridgehead atoms. The normalized spacial score (nSPS) is 14.6. The van der Waals surface area contributed by atoms with Gasteiger partial charge < -0.3 is 15.4 Å². The third kappa shape index (κ3) is 4.94. The van der Waals surface area contributed by atoms with Crippen molar-refractivity contribution in [1.29, 1.82) is 0 Å². The minimum Gasteiger partial charge on any atom is -0.497 e. The minimum atomic E-state index is -0.107. The molecule has 136 valence electrons. The van der Waals surface area contributed by atoms with Gasteiger partial charge in [0.15, 0.2) is 0 Å². The summed E-state index contributed by atoms with van der Waals surface area (Å²) in [5.74, 6) is 0.671. The zero-order chi connectivity index (χ0) is 16.8. The van der Waals surface area contributed by atoms with Crippen molar-refractivity contribution in [3.05, 3.63) is 36.0 Å². The number of aromatic amines is 1. The highest BCUT2D eigenvalue weighted by atomic mass is 35.5. The first-order valence-electron chi connectivity index (χ1n) is 8.17. The molecule has 1 aromatic heterocycles. The highest BCUT2D eigenvalue weighted by Crippen LogP contribution is 2.23. The van der Waals surface area contributed by atoms with E-state index in [1.165, 1.54) is 0 Å². The van der Waals surface area contributed by atoms with Gasteiger partial charge in [-0.05, 0) is 24.3 Å². The molecular formula is C17H24ClN5O2. The van der Waals surface area contributed by atoms with Gasteiger partial charge in [0.2, 0.25) is 0 Å². The van der Waals surface area contributed by atoms with Gasteiger partial charge in [-0.25, -0.2) is 0 Å². The molecular weight excluding hydrogens is 342 g/mol. The third-order valence-electron chi connectivity index (χ3n) is 4.19. The lowest BCUT2D eigenvalue weighted by molar-refractivity contribution is 0.0948. The van der Waals surface area contributed by atoms with Gasteiger partial charge in [-0.3, -0.25) is 14.8 Å². The van der Waals surface area contributed by atoms with Crippen molar-refractivity contribution >= 4 is 18.3 Å². The monoisotopic (exact) mass is 365 g/mol. The fourth-order valence-electron chi connectivity index (χ4n) is 2.79. The molecule has 0 atom stereocenters. The molecule has 25 heavy (non-hydrogen) atoms. The predicted molar refractivity (Wildman–Crippen MR) is 99.5 cm³/mol. The Hall–Kier alpha value is -2.09. The number of amides is 1. The van der Waals surface area contributed by atoms with E-state index in [1.807, 2.05) is 24.3 Å². The lowest BCUT2D eigenvalue weighted by atomic mass is 10.1. The third-order valence-corrected chi connectivity index (χ3v) is 4.19. The van der Waals surface area contributed by atoms with E-state index in [-0.39, 0.29) is 18.3 Å². The van der Waals surface area contributed by atoms with Crippen LogP contribution in [0.15, 0.2) is 30.5 Å². The van der Waals surface area contributed by atoms with Crippen LogP contribution in [-0.4, -0.2) is 67.4 Å². The van der Waals surface area contributed by atoms with Crippen LogP contribution in [0.1, 0.15) is 10.4 Å². The molecule has 0 aliphatic carbocycles. The number of piperazine rings is 1. The maximum absolute atomic E-state index is 12.4. The number of benzene rings is 1. The molecule has 3 N–H and O–H groups in total. The van der Waals surface area contributed by atoms with Crippen LogP contribution in [0.4, 0.5) is 0 Å². The van der Waals surface area contributed by atoms with E-state index in [2.05, 4.69) is 25.7 Å². The lowest BCUT2D eigenvalue weighted by Crippen LogP contribution is -2.46. The summed E-state index contributed by atoms with van der Waals surface area (Å²) in [6, 6.07) is 7.54. The molecule has 1 aliphatic heterocycles. The number of carbonyl (C=O) groups is 1. The van der Waals surface area contributed by atoms with Crippen LogP contribution in [0, 0.1) is 0 Å². The number of carbonyl (C=O) groups excluding carboxylic acids is 1.